The molecule has 0 aliphatic heterocycles. The Morgan fingerprint density at radius 2 is 1.94 bits per heavy atom. The van der Waals surface area contributed by atoms with Crippen LogP contribution in [0.25, 0.3) is 10.9 Å². The summed E-state index contributed by atoms with van der Waals surface area (Å²) in [5.74, 6) is 0. The number of nitrogens with one attached hydrogen (secondary N) is 2. The molecular weight excluding hydrogens is 412 g/mol. The second-order valence-corrected chi connectivity index (χ2v) is 7.70. The first kappa shape index (κ1) is 20.6. The molecule has 0 aliphatic rings. The average molecular weight is 433 g/mol. The fourth-order valence-electron chi connectivity index (χ4n) is 3.42. The van der Waals surface area contributed by atoms with E-state index in [-0.39, 0.29) is 24.7 Å². The average Bonchev–Trinajstić information content (AvgIpc) is 2.77. The van der Waals surface area contributed by atoms with E-state index < -0.39 is 0 Å². The Bertz CT molecular complexity index is 1290. The lowest BCUT2D eigenvalue weighted by atomic mass is 10.1. The van der Waals surface area contributed by atoms with Crippen LogP contribution in [-0.4, -0.2) is 20.9 Å². The minimum atomic E-state index is -0.360. The van der Waals surface area contributed by atoms with Gasteiger partial charge in [-0.05, 0) is 47.7 Å². The van der Waals surface area contributed by atoms with E-state index in [0.717, 1.165) is 22.0 Å². The van der Waals surface area contributed by atoms with Gasteiger partial charge in [0, 0.05) is 24.5 Å². The minimum Gasteiger partial charge on any atom is -0.321 e. The first-order valence-electron chi connectivity index (χ1n) is 9.82. The van der Waals surface area contributed by atoms with Crippen LogP contribution in [0.4, 0.5) is 10.5 Å². The van der Waals surface area contributed by atoms with Crippen molar-refractivity contribution in [1.82, 2.24) is 14.9 Å². The number of hydrogen-bond acceptors (Lipinski definition) is 3. The molecule has 2 aromatic heterocycles. The molecule has 0 saturated heterocycles. The van der Waals surface area contributed by atoms with Crippen LogP contribution in [-0.2, 0) is 13.1 Å². The van der Waals surface area contributed by atoms with E-state index >= 15 is 0 Å². The Labute approximate surface area is 184 Å². The molecular formula is C24H21ClN4O2. The fourth-order valence-corrected chi connectivity index (χ4v) is 3.60. The Kier molecular flexibility index (Phi) is 6.00. The third kappa shape index (κ3) is 4.75. The van der Waals surface area contributed by atoms with Gasteiger partial charge in [0.25, 0.3) is 5.56 Å². The van der Waals surface area contributed by atoms with Gasteiger partial charge in [-0.3, -0.25) is 9.78 Å². The van der Waals surface area contributed by atoms with Gasteiger partial charge in [-0.15, -0.1) is 0 Å². The van der Waals surface area contributed by atoms with Crippen LogP contribution in [0, 0.1) is 6.92 Å². The molecule has 4 aromatic rings. The third-order valence-electron chi connectivity index (χ3n) is 5.03. The number of rotatable bonds is 5. The molecule has 0 atom stereocenters. The summed E-state index contributed by atoms with van der Waals surface area (Å²) in [4.78, 5) is 34.5. The van der Waals surface area contributed by atoms with Gasteiger partial charge in [-0.1, -0.05) is 48.0 Å². The standard InChI is InChI=1S/C24H21ClN4O2/c1-16-6-4-8-18-12-19(23(30)28-22(16)18)15-29(14-17-7-5-11-26-13-17)24(31)27-21-10-3-2-9-20(21)25/h2-13H,14-15H2,1H3,(H,27,31)(H,28,30). The molecule has 0 aliphatic carbocycles. The molecule has 4 rings (SSSR count). The van der Waals surface area contributed by atoms with Crippen LogP contribution in [0.5, 0.6) is 0 Å². The lowest BCUT2D eigenvalue weighted by molar-refractivity contribution is 0.206. The number of amides is 2. The van der Waals surface area contributed by atoms with Gasteiger partial charge in [0.1, 0.15) is 0 Å². The number of carbonyl (C=O) groups is 1. The summed E-state index contributed by atoms with van der Waals surface area (Å²) in [5, 5.41) is 4.20. The van der Waals surface area contributed by atoms with E-state index in [1.54, 1.807) is 41.6 Å². The largest absolute Gasteiger partial charge is 0.322 e. The molecule has 6 nitrogen and oxygen atoms in total. The predicted octanol–water partition coefficient (Wildman–Crippen LogP) is 5.12. The first-order chi connectivity index (χ1) is 15.0. The molecule has 2 amide bonds. The number of halogens is 1. The van der Waals surface area contributed by atoms with Crippen LogP contribution in [0.1, 0.15) is 16.7 Å². The van der Waals surface area contributed by atoms with Crippen LogP contribution >= 0.6 is 11.6 Å². The number of aromatic nitrogens is 2. The Hall–Kier alpha value is -3.64. The minimum absolute atomic E-state index is 0.129. The van der Waals surface area contributed by atoms with Crippen molar-refractivity contribution in [1.29, 1.82) is 0 Å². The van der Waals surface area contributed by atoms with E-state index in [1.807, 2.05) is 43.3 Å². The summed E-state index contributed by atoms with van der Waals surface area (Å²) >= 11 is 6.20. The van der Waals surface area contributed by atoms with Crippen LogP contribution < -0.4 is 10.9 Å². The third-order valence-corrected chi connectivity index (χ3v) is 5.35. The van der Waals surface area contributed by atoms with Crippen molar-refractivity contribution in [3.63, 3.8) is 0 Å². The first-order valence-corrected chi connectivity index (χ1v) is 10.2. The summed E-state index contributed by atoms with van der Waals surface area (Å²) < 4.78 is 0. The monoisotopic (exact) mass is 432 g/mol. The molecule has 0 radical (unpaired) electrons. The van der Waals surface area contributed by atoms with E-state index in [2.05, 4.69) is 15.3 Å². The Balaban J connectivity index is 1.66. The lowest BCUT2D eigenvalue weighted by Crippen LogP contribution is -2.35. The zero-order chi connectivity index (χ0) is 21.8. The maximum absolute atomic E-state index is 13.1. The Morgan fingerprint density at radius 3 is 2.71 bits per heavy atom. The van der Waals surface area contributed by atoms with Gasteiger partial charge < -0.3 is 15.2 Å². The lowest BCUT2D eigenvalue weighted by Gasteiger charge is -2.23. The second kappa shape index (κ2) is 9.02. The number of benzene rings is 2. The highest BCUT2D eigenvalue weighted by Gasteiger charge is 2.18. The molecule has 2 N–H and O–H groups in total. The molecule has 7 heteroatoms. The molecule has 0 fully saturated rings. The number of urea groups is 1. The molecule has 0 unspecified atom stereocenters. The predicted molar refractivity (Wildman–Crippen MR) is 123 cm³/mol. The van der Waals surface area contributed by atoms with Crippen molar-refractivity contribution in [3.8, 4) is 0 Å². The highest BCUT2D eigenvalue weighted by molar-refractivity contribution is 6.33. The molecule has 156 valence electrons. The van der Waals surface area contributed by atoms with E-state index in [0.29, 0.717) is 16.3 Å². The van der Waals surface area contributed by atoms with Gasteiger partial charge in [-0.25, -0.2) is 4.79 Å². The summed E-state index contributed by atoms with van der Waals surface area (Å²) in [6.07, 6.45) is 3.37. The van der Waals surface area contributed by atoms with Gasteiger partial charge in [0.15, 0.2) is 0 Å². The topological polar surface area (TPSA) is 78.1 Å². The van der Waals surface area contributed by atoms with Crippen molar-refractivity contribution in [2.24, 2.45) is 0 Å². The number of para-hydroxylation sites is 2. The zero-order valence-electron chi connectivity index (χ0n) is 16.9. The van der Waals surface area contributed by atoms with Gasteiger partial charge in [0.2, 0.25) is 0 Å². The van der Waals surface area contributed by atoms with Gasteiger partial charge in [-0.2, -0.15) is 0 Å². The van der Waals surface area contributed by atoms with Crippen molar-refractivity contribution in [2.45, 2.75) is 20.0 Å². The van der Waals surface area contributed by atoms with Crippen molar-refractivity contribution < 1.29 is 4.79 Å². The summed E-state index contributed by atoms with van der Waals surface area (Å²) in [6.45, 7) is 2.36. The maximum atomic E-state index is 13.1. The van der Waals surface area contributed by atoms with Gasteiger partial charge in [0.05, 0.1) is 22.8 Å². The van der Waals surface area contributed by atoms with E-state index in [9.17, 15) is 9.59 Å². The molecule has 2 aromatic carbocycles. The van der Waals surface area contributed by atoms with Crippen molar-refractivity contribution in [2.75, 3.05) is 5.32 Å². The van der Waals surface area contributed by atoms with Crippen LogP contribution in [0.2, 0.25) is 5.02 Å². The summed E-state index contributed by atoms with van der Waals surface area (Å²) in [5.41, 5.74) is 3.43. The molecule has 2 heterocycles. The van der Waals surface area contributed by atoms with Crippen LogP contribution in [0.3, 0.4) is 0 Å². The van der Waals surface area contributed by atoms with Gasteiger partial charge >= 0.3 is 6.03 Å². The smallest absolute Gasteiger partial charge is 0.321 e. The highest BCUT2D eigenvalue weighted by atomic mass is 35.5. The zero-order valence-corrected chi connectivity index (χ0v) is 17.7. The number of anilines is 1. The number of nitrogens with zero attached hydrogens (tertiary/aromatic N) is 2. The quantitative estimate of drug-likeness (QED) is 0.459. The van der Waals surface area contributed by atoms with Crippen LogP contribution in [0.15, 0.2) is 77.9 Å². The molecule has 0 saturated carbocycles. The molecule has 31 heavy (non-hydrogen) atoms. The SMILES string of the molecule is Cc1cccc2cc(CN(Cc3cccnc3)C(=O)Nc3ccccc3Cl)c(=O)[nH]c12. The number of aromatic amines is 1. The molecule has 0 spiro atoms. The number of H-pyrrole nitrogens is 1. The van der Waals surface area contributed by atoms with Crippen molar-refractivity contribution >= 4 is 34.2 Å². The van der Waals surface area contributed by atoms with E-state index in [1.165, 1.54) is 0 Å². The fraction of sp³-hybridized carbons (Fsp3) is 0.125. The summed E-state index contributed by atoms with van der Waals surface area (Å²) in [6, 6.07) is 18.0. The maximum Gasteiger partial charge on any atom is 0.322 e. The van der Waals surface area contributed by atoms with E-state index in [4.69, 9.17) is 11.6 Å². The highest BCUT2D eigenvalue weighted by Crippen LogP contribution is 2.22. The molecule has 0 bridgehead atoms. The van der Waals surface area contributed by atoms with Crippen molar-refractivity contribution in [3.05, 3.63) is 105 Å². The normalized spacial score (nSPS) is 10.8. The Morgan fingerprint density at radius 1 is 1.10 bits per heavy atom. The number of carbonyl (C=O) groups excluding carboxylic acids is 1. The summed E-state index contributed by atoms with van der Waals surface area (Å²) in [7, 11) is 0. The second-order valence-electron chi connectivity index (χ2n) is 7.29. The number of hydrogen-bond donors (Lipinski definition) is 2. The number of pyridine rings is 2. The number of fused-ring (bicyclic) bond motifs is 1. The number of aryl methyl sites for hydroxylation is 1.